The molecule has 0 aromatic rings. The number of rotatable bonds is 4. The van der Waals surface area contributed by atoms with Gasteiger partial charge in [-0.15, -0.1) is 0 Å². The third-order valence-corrected chi connectivity index (χ3v) is 6.33. The van der Waals surface area contributed by atoms with Crippen LogP contribution in [0.1, 0.15) is 39.0 Å². The zero-order chi connectivity index (χ0) is 14.2. The summed E-state index contributed by atoms with van der Waals surface area (Å²) < 4.78 is 26.1. The van der Waals surface area contributed by atoms with E-state index in [4.69, 9.17) is 10.4 Å². The summed E-state index contributed by atoms with van der Waals surface area (Å²) in [6.07, 6.45) is 2.85. The molecule has 0 saturated carbocycles. The number of aliphatic carboxylic acids is 1. The summed E-state index contributed by atoms with van der Waals surface area (Å²) in [5.41, 5.74) is 0. The van der Waals surface area contributed by atoms with Crippen LogP contribution in [-0.2, 0) is 14.8 Å². The Hall–Kier alpha value is -1.13. The molecule has 0 aliphatic carbocycles. The average molecular weight is 286 g/mol. The monoisotopic (exact) mass is 286 g/mol. The van der Waals surface area contributed by atoms with Crippen LogP contribution in [0.4, 0.5) is 0 Å². The van der Waals surface area contributed by atoms with Gasteiger partial charge < -0.3 is 5.11 Å². The summed E-state index contributed by atoms with van der Waals surface area (Å²) in [6, 6.07) is 1.55. The number of nitriles is 1. The summed E-state index contributed by atoms with van der Waals surface area (Å²) in [7, 11) is -3.58. The summed E-state index contributed by atoms with van der Waals surface area (Å²) >= 11 is 0. The SMILES string of the molecule is CC(C#N)S(=O)(=O)N1C2CCC1CC(CC(=O)O)C2. The minimum Gasteiger partial charge on any atom is -0.481 e. The Morgan fingerprint density at radius 2 is 1.95 bits per heavy atom. The van der Waals surface area contributed by atoms with Crippen LogP contribution in [0.3, 0.4) is 0 Å². The van der Waals surface area contributed by atoms with Gasteiger partial charge in [-0.05, 0) is 38.5 Å². The van der Waals surface area contributed by atoms with Crippen LogP contribution in [-0.4, -0.2) is 41.1 Å². The van der Waals surface area contributed by atoms with E-state index in [1.807, 2.05) is 0 Å². The lowest BCUT2D eigenvalue weighted by molar-refractivity contribution is -0.138. The summed E-state index contributed by atoms with van der Waals surface area (Å²) in [6.45, 7) is 1.40. The van der Waals surface area contributed by atoms with Gasteiger partial charge in [0.05, 0.1) is 6.07 Å². The molecule has 7 heteroatoms. The van der Waals surface area contributed by atoms with Gasteiger partial charge in [-0.25, -0.2) is 8.42 Å². The fraction of sp³-hybridized carbons (Fsp3) is 0.833. The number of nitrogens with zero attached hydrogens (tertiary/aromatic N) is 2. The molecule has 0 radical (unpaired) electrons. The normalized spacial score (nSPS) is 32.7. The smallest absolute Gasteiger partial charge is 0.303 e. The van der Waals surface area contributed by atoms with Crippen LogP contribution in [0.5, 0.6) is 0 Å². The lowest BCUT2D eigenvalue weighted by Gasteiger charge is -2.38. The van der Waals surface area contributed by atoms with Gasteiger partial charge in [-0.2, -0.15) is 9.57 Å². The Morgan fingerprint density at radius 3 is 2.37 bits per heavy atom. The number of carbonyl (C=O) groups is 1. The van der Waals surface area contributed by atoms with Gasteiger partial charge in [-0.1, -0.05) is 0 Å². The van der Waals surface area contributed by atoms with Gasteiger partial charge in [-0.3, -0.25) is 4.79 Å². The first-order valence-corrected chi connectivity index (χ1v) is 8.00. The molecule has 3 atom stereocenters. The minimum absolute atomic E-state index is 0.0545. The first-order chi connectivity index (χ1) is 8.86. The minimum atomic E-state index is -3.58. The summed E-state index contributed by atoms with van der Waals surface area (Å²) in [4.78, 5) is 10.8. The van der Waals surface area contributed by atoms with E-state index in [-0.39, 0.29) is 24.4 Å². The second-order valence-electron chi connectivity index (χ2n) is 5.47. The van der Waals surface area contributed by atoms with E-state index in [0.717, 1.165) is 12.8 Å². The van der Waals surface area contributed by atoms with Crippen LogP contribution in [0, 0.1) is 17.2 Å². The van der Waals surface area contributed by atoms with Crippen molar-refractivity contribution in [3.63, 3.8) is 0 Å². The molecule has 2 aliphatic heterocycles. The molecular weight excluding hydrogens is 268 g/mol. The van der Waals surface area contributed by atoms with Crippen molar-refractivity contribution in [3.8, 4) is 6.07 Å². The highest BCUT2D eigenvalue weighted by atomic mass is 32.2. The molecule has 1 N–H and O–H groups in total. The topological polar surface area (TPSA) is 98.5 Å². The fourth-order valence-corrected chi connectivity index (χ4v) is 5.04. The molecule has 19 heavy (non-hydrogen) atoms. The maximum absolute atomic E-state index is 12.3. The molecule has 0 aromatic heterocycles. The number of carboxylic acid groups (broad SMARTS) is 1. The van der Waals surface area contributed by atoms with E-state index in [2.05, 4.69) is 0 Å². The highest BCUT2D eigenvalue weighted by Crippen LogP contribution is 2.42. The number of sulfonamides is 1. The van der Waals surface area contributed by atoms with Gasteiger partial charge >= 0.3 is 5.97 Å². The molecule has 106 valence electrons. The van der Waals surface area contributed by atoms with Gasteiger partial charge in [0.15, 0.2) is 5.25 Å². The average Bonchev–Trinajstić information content (AvgIpc) is 2.61. The molecule has 0 aromatic carbocycles. The predicted molar refractivity (Wildman–Crippen MR) is 67.6 cm³/mol. The molecule has 2 aliphatic rings. The van der Waals surface area contributed by atoms with Crippen molar-refractivity contribution in [2.45, 2.75) is 56.4 Å². The van der Waals surface area contributed by atoms with Crippen molar-refractivity contribution in [2.75, 3.05) is 0 Å². The van der Waals surface area contributed by atoms with Crippen LogP contribution < -0.4 is 0 Å². The number of fused-ring (bicyclic) bond motifs is 2. The van der Waals surface area contributed by atoms with Gasteiger partial charge in [0.2, 0.25) is 10.0 Å². The zero-order valence-electron chi connectivity index (χ0n) is 10.8. The third kappa shape index (κ3) is 2.60. The number of hydrogen-bond donors (Lipinski definition) is 1. The largest absolute Gasteiger partial charge is 0.481 e. The molecule has 2 heterocycles. The zero-order valence-corrected chi connectivity index (χ0v) is 11.6. The molecule has 0 amide bonds. The van der Waals surface area contributed by atoms with Crippen molar-refractivity contribution in [2.24, 2.45) is 5.92 Å². The van der Waals surface area contributed by atoms with E-state index >= 15 is 0 Å². The van der Waals surface area contributed by atoms with E-state index < -0.39 is 21.2 Å². The lowest BCUT2D eigenvalue weighted by Crippen LogP contribution is -2.49. The Labute approximate surface area is 113 Å². The van der Waals surface area contributed by atoms with Crippen LogP contribution in [0.2, 0.25) is 0 Å². The molecule has 0 spiro atoms. The van der Waals surface area contributed by atoms with E-state index in [0.29, 0.717) is 12.8 Å². The Kier molecular flexibility index (Phi) is 3.83. The van der Waals surface area contributed by atoms with Gasteiger partial charge in [0, 0.05) is 18.5 Å². The molecule has 3 unspecified atom stereocenters. The lowest BCUT2D eigenvalue weighted by atomic mass is 9.90. The van der Waals surface area contributed by atoms with Gasteiger partial charge in [0.25, 0.3) is 0 Å². The Balaban J connectivity index is 2.16. The van der Waals surface area contributed by atoms with Gasteiger partial charge in [0.1, 0.15) is 0 Å². The molecule has 2 saturated heterocycles. The number of carboxylic acids is 1. The first kappa shape index (κ1) is 14.3. The van der Waals surface area contributed by atoms with Crippen molar-refractivity contribution in [1.82, 2.24) is 4.31 Å². The standard InChI is InChI=1S/C12H18N2O4S/c1-8(7-13)19(17,18)14-10-2-3-11(14)5-9(4-10)6-12(15)16/h8-11H,2-6H2,1H3,(H,15,16). The highest BCUT2D eigenvalue weighted by molar-refractivity contribution is 7.90. The van der Waals surface area contributed by atoms with E-state index in [1.165, 1.54) is 11.2 Å². The molecule has 2 fully saturated rings. The number of piperidine rings is 1. The van der Waals surface area contributed by atoms with Crippen molar-refractivity contribution in [1.29, 1.82) is 5.26 Å². The van der Waals surface area contributed by atoms with E-state index in [1.54, 1.807) is 6.07 Å². The summed E-state index contributed by atoms with van der Waals surface area (Å²) in [5, 5.41) is 16.6. The van der Waals surface area contributed by atoms with Crippen LogP contribution in [0.15, 0.2) is 0 Å². The maximum Gasteiger partial charge on any atom is 0.303 e. The first-order valence-electron chi connectivity index (χ1n) is 6.50. The van der Waals surface area contributed by atoms with Crippen molar-refractivity contribution >= 4 is 16.0 Å². The quantitative estimate of drug-likeness (QED) is 0.829. The maximum atomic E-state index is 12.3. The second kappa shape index (κ2) is 5.10. The summed E-state index contributed by atoms with van der Waals surface area (Å²) in [5.74, 6) is -0.773. The fourth-order valence-electron chi connectivity index (χ4n) is 3.33. The van der Waals surface area contributed by atoms with Crippen molar-refractivity contribution < 1.29 is 18.3 Å². The predicted octanol–water partition coefficient (Wildman–Crippen LogP) is 0.946. The molecule has 6 nitrogen and oxygen atoms in total. The van der Waals surface area contributed by atoms with Crippen molar-refractivity contribution in [3.05, 3.63) is 0 Å². The Bertz CT molecular complexity index is 496. The van der Waals surface area contributed by atoms with Crippen LogP contribution in [0.25, 0.3) is 0 Å². The molecular formula is C12H18N2O4S. The number of hydrogen-bond acceptors (Lipinski definition) is 4. The molecule has 2 bridgehead atoms. The van der Waals surface area contributed by atoms with Crippen LogP contribution >= 0.6 is 0 Å². The van der Waals surface area contributed by atoms with E-state index in [9.17, 15) is 13.2 Å². The Morgan fingerprint density at radius 1 is 1.42 bits per heavy atom. The second-order valence-corrected chi connectivity index (χ2v) is 7.63. The highest BCUT2D eigenvalue weighted by Gasteiger charge is 2.48. The third-order valence-electron chi connectivity index (χ3n) is 4.15. The molecule has 2 rings (SSSR count).